The highest BCUT2D eigenvalue weighted by Gasteiger charge is 2.21. The predicted octanol–water partition coefficient (Wildman–Crippen LogP) is 3.56. The van der Waals surface area contributed by atoms with Gasteiger partial charge in [0, 0.05) is 17.4 Å². The molecule has 1 heterocycles. The van der Waals surface area contributed by atoms with Gasteiger partial charge in [-0.3, -0.25) is 4.79 Å². The van der Waals surface area contributed by atoms with E-state index in [1.807, 2.05) is 12.1 Å². The van der Waals surface area contributed by atoms with Crippen LogP contribution in [0.5, 0.6) is 0 Å². The highest BCUT2D eigenvalue weighted by molar-refractivity contribution is 9.10. The molecule has 1 aromatic rings. The Kier molecular flexibility index (Phi) is 9.06. The van der Waals surface area contributed by atoms with Crippen LogP contribution in [0.1, 0.15) is 31.7 Å². The quantitative estimate of drug-likeness (QED) is 0.781. The summed E-state index contributed by atoms with van der Waals surface area (Å²) in [6, 6.07) is 8.26. The maximum atomic E-state index is 12.0. The summed E-state index contributed by atoms with van der Waals surface area (Å²) in [4.78, 5) is 12.0. The lowest BCUT2D eigenvalue weighted by molar-refractivity contribution is -0.122. The highest BCUT2D eigenvalue weighted by atomic mass is 79.9. The normalized spacial score (nSPS) is 16.6. The minimum atomic E-state index is 0. The van der Waals surface area contributed by atoms with E-state index in [2.05, 4.69) is 45.6 Å². The summed E-state index contributed by atoms with van der Waals surface area (Å²) in [6.07, 6.45) is 3.95. The van der Waals surface area contributed by atoms with Crippen LogP contribution in [0.2, 0.25) is 0 Å². The third-order valence-corrected chi connectivity index (χ3v) is 4.87. The van der Waals surface area contributed by atoms with Gasteiger partial charge in [-0.05, 0) is 61.9 Å². The lowest BCUT2D eigenvalue weighted by Crippen LogP contribution is -2.34. The minimum Gasteiger partial charge on any atom is -0.356 e. The molecule has 1 atom stereocenters. The number of nitrogens with one attached hydrogen (secondary N) is 2. The monoisotopic (exact) mass is 388 g/mol. The zero-order valence-corrected chi connectivity index (χ0v) is 15.5. The van der Waals surface area contributed by atoms with Crippen molar-refractivity contribution < 1.29 is 4.79 Å². The number of carbonyl (C=O) groups excluding carboxylic acids is 1. The molecule has 1 unspecified atom stereocenters. The van der Waals surface area contributed by atoms with E-state index in [1.54, 1.807) is 0 Å². The van der Waals surface area contributed by atoms with Gasteiger partial charge in [-0.15, -0.1) is 12.4 Å². The Morgan fingerprint density at radius 1 is 1.32 bits per heavy atom. The van der Waals surface area contributed by atoms with Crippen LogP contribution in [0.4, 0.5) is 0 Å². The van der Waals surface area contributed by atoms with E-state index in [0.717, 1.165) is 30.5 Å². The molecule has 0 radical (unpaired) electrons. The van der Waals surface area contributed by atoms with Crippen molar-refractivity contribution in [3.63, 3.8) is 0 Å². The lowest BCUT2D eigenvalue weighted by Gasteiger charge is -2.27. The molecule has 0 aliphatic carbocycles. The van der Waals surface area contributed by atoms with E-state index in [1.165, 1.54) is 18.4 Å². The van der Waals surface area contributed by atoms with Crippen LogP contribution in [-0.4, -0.2) is 25.5 Å². The number of hydrogen-bond donors (Lipinski definition) is 2. The first-order valence-electron chi connectivity index (χ1n) is 7.87. The van der Waals surface area contributed by atoms with E-state index in [0.29, 0.717) is 18.3 Å². The van der Waals surface area contributed by atoms with Gasteiger partial charge in [-0.1, -0.05) is 35.0 Å². The van der Waals surface area contributed by atoms with E-state index in [-0.39, 0.29) is 18.3 Å². The molecule has 0 saturated carbocycles. The first-order chi connectivity index (χ1) is 10.1. The van der Waals surface area contributed by atoms with E-state index in [4.69, 9.17) is 0 Å². The summed E-state index contributed by atoms with van der Waals surface area (Å²) < 4.78 is 1.09. The Balaban J connectivity index is 0.00000242. The smallest absolute Gasteiger partial charge is 0.220 e. The number of rotatable bonds is 6. The van der Waals surface area contributed by atoms with Crippen LogP contribution in [0.3, 0.4) is 0 Å². The van der Waals surface area contributed by atoms with Crippen molar-refractivity contribution in [2.75, 3.05) is 19.6 Å². The number of hydrogen-bond acceptors (Lipinski definition) is 2. The second kappa shape index (κ2) is 10.2. The number of piperidine rings is 1. The van der Waals surface area contributed by atoms with Gasteiger partial charge in [0.15, 0.2) is 0 Å². The molecule has 3 nitrogen and oxygen atoms in total. The van der Waals surface area contributed by atoms with Crippen LogP contribution in [-0.2, 0) is 11.2 Å². The van der Waals surface area contributed by atoms with Crippen molar-refractivity contribution in [2.24, 2.45) is 11.8 Å². The first-order valence-corrected chi connectivity index (χ1v) is 8.66. The second-order valence-electron chi connectivity index (χ2n) is 6.00. The maximum absolute atomic E-state index is 12.0. The van der Waals surface area contributed by atoms with Crippen molar-refractivity contribution in [1.82, 2.24) is 10.6 Å². The minimum absolute atomic E-state index is 0. The zero-order valence-electron chi connectivity index (χ0n) is 13.1. The molecule has 1 amide bonds. The fourth-order valence-electron chi connectivity index (χ4n) is 2.94. The van der Waals surface area contributed by atoms with Gasteiger partial charge in [0.1, 0.15) is 0 Å². The van der Waals surface area contributed by atoms with Crippen molar-refractivity contribution >= 4 is 34.2 Å². The van der Waals surface area contributed by atoms with Crippen molar-refractivity contribution in [2.45, 2.75) is 32.6 Å². The Morgan fingerprint density at radius 2 is 1.95 bits per heavy atom. The van der Waals surface area contributed by atoms with Gasteiger partial charge in [-0.25, -0.2) is 0 Å². The van der Waals surface area contributed by atoms with Gasteiger partial charge >= 0.3 is 0 Å². The van der Waals surface area contributed by atoms with Crippen LogP contribution in [0.15, 0.2) is 28.7 Å². The van der Waals surface area contributed by atoms with E-state index >= 15 is 0 Å². The summed E-state index contributed by atoms with van der Waals surface area (Å²) in [5.74, 6) is 1.38. The molecule has 124 valence electrons. The molecule has 2 N–H and O–H groups in total. The largest absolute Gasteiger partial charge is 0.356 e. The standard InChI is InChI=1S/C17H25BrN2O.ClH/c1-13(15-7-9-19-10-8-15)12-17(21)20-11-6-14-2-4-16(18)5-3-14;/h2-5,13,15,19H,6-12H2,1H3,(H,20,21);1H. The number of amides is 1. The molecule has 1 aromatic carbocycles. The molecule has 2 rings (SSSR count). The van der Waals surface area contributed by atoms with Crippen LogP contribution in [0, 0.1) is 11.8 Å². The Bertz CT molecular complexity index is 446. The highest BCUT2D eigenvalue weighted by Crippen LogP contribution is 2.24. The summed E-state index contributed by atoms with van der Waals surface area (Å²) in [5.41, 5.74) is 1.25. The number of halogens is 2. The molecule has 1 aliphatic heterocycles. The fourth-order valence-corrected chi connectivity index (χ4v) is 3.21. The molecule has 5 heteroatoms. The molecular weight excluding hydrogens is 364 g/mol. The summed E-state index contributed by atoms with van der Waals surface area (Å²) in [7, 11) is 0. The molecule has 22 heavy (non-hydrogen) atoms. The predicted molar refractivity (Wildman–Crippen MR) is 97.5 cm³/mol. The van der Waals surface area contributed by atoms with Gasteiger partial charge in [0.2, 0.25) is 5.91 Å². The van der Waals surface area contributed by atoms with Crippen molar-refractivity contribution in [1.29, 1.82) is 0 Å². The average Bonchev–Trinajstić information content (AvgIpc) is 2.50. The second-order valence-corrected chi connectivity index (χ2v) is 6.91. The Labute approximate surface area is 148 Å². The Morgan fingerprint density at radius 3 is 2.59 bits per heavy atom. The van der Waals surface area contributed by atoms with Gasteiger partial charge in [0.05, 0.1) is 0 Å². The molecule has 0 aromatic heterocycles. The molecule has 1 fully saturated rings. The average molecular weight is 390 g/mol. The first kappa shape index (κ1) is 19.5. The van der Waals surface area contributed by atoms with Crippen LogP contribution < -0.4 is 10.6 Å². The van der Waals surface area contributed by atoms with Gasteiger partial charge in [0.25, 0.3) is 0 Å². The maximum Gasteiger partial charge on any atom is 0.220 e. The van der Waals surface area contributed by atoms with Gasteiger partial charge < -0.3 is 10.6 Å². The number of benzene rings is 1. The third kappa shape index (κ3) is 6.67. The lowest BCUT2D eigenvalue weighted by atomic mass is 9.84. The van der Waals surface area contributed by atoms with E-state index in [9.17, 15) is 4.79 Å². The Hall–Kier alpha value is -0.580. The van der Waals surface area contributed by atoms with Crippen LogP contribution >= 0.6 is 28.3 Å². The summed E-state index contributed by atoms with van der Waals surface area (Å²) in [5, 5.41) is 6.42. The molecule has 0 spiro atoms. The fraction of sp³-hybridized carbons (Fsp3) is 0.588. The summed E-state index contributed by atoms with van der Waals surface area (Å²) >= 11 is 3.43. The topological polar surface area (TPSA) is 41.1 Å². The van der Waals surface area contributed by atoms with Crippen molar-refractivity contribution in [3.05, 3.63) is 34.3 Å². The zero-order chi connectivity index (χ0) is 15.1. The molecule has 1 saturated heterocycles. The SMILES string of the molecule is CC(CC(=O)NCCc1ccc(Br)cc1)C1CCNCC1.Cl. The summed E-state index contributed by atoms with van der Waals surface area (Å²) in [6.45, 7) is 5.13. The molecule has 1 aliphatic rings. The third-order valence-electron chi connectivity index (χ3n) is 4.35. The van der Waals surface area contributed by atoms with Crippen molar-refractivity contribution in [3.8, 4) is 0 Å². The molecular formula is C17H26BrClN2O. The van der Waals surface area contributed by atoms with Gasteiger partial charge in [-0.2, -0.15) is 0 Å². The number of carbonyl (C=O) groups is 1. The molecule has 0 bridgehead atoms. The van der Waals surface area contributed by atoms with Crippen LogP contribution in [0.25, 0.3) is 0 Å². The van der Waals surface area contributed by atoms with E-state index < -0.39 is 0 Å².